The Hall–Kier alpha value is -2.99. The van der Waals surface area contributed by atoms with E-state index >= 15 is 0 Å². The summed E-state index contributed by atoms with van der Waals surface area (Å²) in [5.74, 6) is 2.81. The predicted molar refractivity (Wildman–Crippen MR) is 135 cm³/mol. The van der Waals surface area contributed by atoms with E-state index < -0.39 is 0 Å². The summed E-state index contributed by atoms with van der Waals surface area (Å²) in [7, 11) is 5.42. The monoisotopic (exact) mass is 493 g/mol. The number of likely N-dealkylation sites (N-methyl/N-ethyl adjacent to an activating group) is 1. The van der Waals surface area contributed by atoms with Crippen LogP contribution in [0.25, 0.3) is 0 Å². The van der Waals surface area contributed by atoms with Gasteiger partial charge in [0.25, 0.3) is 0 Å². The van der Waals surface area contributed by atoms with Crippen LogP contribution in [0, 0.1) is 11.3 Å². The zero-order valence-electron chi connectivity index (χ0n) is 21.7. The smallest absolute Gasteiger partial charge is 0.161 e. The molecule has 2 bridgehead atoms. The van der Waals surface area contributed by atoms with Crippen LogP contribution in [0.4, 0.5) is 0 Å². The lowest BCUT2D eigenvalue weighted by Crippen LogP contribution is -2.68. The molecule has 0 aliphatic carbocycles. The third kappa shape index (κ3) is 3.69. The minimum atomic E-state index is -0.370. The summed E-state index contributed by atoms with van der Waals surface area (Å²) >= 11 is 0. The lowest BCUT2D eigenvalue weighted by Gasteiger charge is -2.59. The SMILES string of the molecule is CCOc1cc2c(cc1OCC)[C@H](CO)N1C(C2)[C@H]2c3cc(OC)c(OC)cc3C[C@@H]([C@@H]1C#N)N2C. The van der Waals surface area contributed by atoms with E-state index in [1.165, 1.54) is 11.1 Å². The van der Waals surface area contributed by atoms with Crippen LogP contribution >= 0.6 is 0 Å². The van der Waals surface area contributed by atoms with E-state index in [0.29, 0.717) is 30.5 Å². The van der Waals surface area contributed by atoms with Gasteiger partial charge in [0, 0.05) is 12.1 Å². The minimum Gasteiger partial charge on any atom is -0.493 e. The molecule has 1 N–H and O–H groups in total. The number of rotatable bonds is 7. The van der Waals surface area contributed by atoms with Gasteiger partial charge in [-0.25, -0.2) is 0 Å². The zero-order valence-corrected chi connectivity index (χ0v) is 21.7. The van der Waals surface area contributed by atoms with E-state index in [2.05, 4.69) is 41.1 Å². The molecule has 8 heteroatoms. The topological polar surface area (TPSA) is 87.4 Å². The molecule has 1 fully saturated rings. The summed E-state index contributed by atoms with van der Waals surface area (Å²) < 4.78 is 23.1. The highest BCUT2D eigenvalue weighted by molar-refractivity contribution is 5.54. The van der Waals surface area contributed by atoms with Crippen LogP contribution in [0.5, 0.6) is 23.0 Å². The largest absolute Gasteiger partial charge is 0.493 e. The van der Waals surface area contributed by atoms with Gasteiger partial charge in [-0.15, -0.1) is 0 Å². The minimum absolute atomic E-state index is 0.00786. The molecule has 1 unspecified atom stereocenters. The number of aliphatic hydroxyl groups excluding tert-OH is 1. The Morgan fingerprint density at radius 3 is 2.06 bits per heavy atom. The average Bonchev–Trinajstić information content (AvgIpc) is 2.88. The van der Waals surface area contributed by atoms with Gasteiger partial charge in [0.1, 0.15) is 6.04 Å². The molecule has 36 heavy (non-hydrogen) atoms. The normalized spacial score (nSPS) is 26.8. The van der Waals surface area contributed by atoms with Gasteiger partial charge in [0.2, 0.25) is 0 Å². The fourth-order valence-corrected chi connectivity index (χ4v) is 6.58. The van der Waals surface area contributed by atoms with Gasteiger partial charge < -0.3 is 24.1 Å². The number of hydrogen-bond donors (Lipinski definition) is 1. The molecule has 0 saturated carbocycles. The molecular weight excluding hydrogens is 458 g/mol. The molecule has 3 aliphatic heterocycles. The third-order valence-electron chi connectivity index (χ3n) is 8.05. The predicted octanol–water partition coefficient (Wildman–Crippen LogP) is 3.26. The van der Waals surface area contributed by atoms with Crippen LogP contribution in [0.1, 0.15) is 48.2 Å². The molecule has 2 aromatic carbocycles. The molecule has 5 atom stereocenters. The number of piperazine rings is 1. The van der Waals surface area contributed by atoms with Crippen molar-refractivity contribution in [3.63, 3.8) is 0 Å². The molecule has 3 aliphatic rings. The number of hydrogen-bond acceptors (Lipinski definition) is 8. The average molecular weight is 494 g/mol. The highest BCUT2D eigenvalue weighted by Gasteiger charge is 2.54. The Bertz CT molecular complexity index is 1180. The summed E-state index contributed by atoms with van der Waals surface area (Å²) in [5.41, 5.74) is 4.51. The van der Waals surface area contributed by atoms with Gasteiger partial charge in [-0.1, -0.05) is 0 Å². The molecule has 8 nitrogen and oxygen atoms in total. The highest BCUT2D eigenvalue weighted by atomic mass is 16.5. The van der Waals surface area contributed by atoms with Crippen molar-refractivity contribution in [1.82, 2.24) is 9.80 Å². The lowest BCUT2D eigenvalue weighted by molar-refractivity contribution is -0.0813. The van der Waals surface area contributed by atoms with Crippen LogP contribution < -0.4 is 18.9 Å². The van der Waals surface area contributed by atoms with Gasteiger partial charge in [0.15, 0.2) is 23.0 Å². The van der Waals surface area contributed by atoms with Crippen LogP contribution in [0.2, 0.25) is 0 Å². The van der Waals surface area contributed by atoms with Gasteiger partial charge in [0.05, 0.1) is 52.2 Å². The lowest BCUT2D eigenvalue weighted by atomic mass is 9.73. The van der Waals surface area contributed by atoms with Gasteiger partial charge in [-0.3, -0.25) is 9.80 Å². The molecule has 0 spiro atoms. The Morgan fingerprint density at radius 2 is 1.44 bits per heavy atom. The fourth-order valence-electron chi connectivity index (χ4n) is 6.58. The van der Waals surface area contributed by atoms with Gasteiger partial charge >= 0.3 is 0 Å². The molecular formula is C28H35N3O5. The molecule has 2 aromatic rings. The fraction of sp³-hybridized carbons (Fsp3) is 0.536. The maximum Gasteiger partial charge on any atom is 0.161 e. The van der Waals surface area contributed by atoms with Crippen molar-refractivity contribution in [1.29, 1.82) is 5.26 Å². The molecule has 1 saturated heterocycles. The number of nitrogens with zero attached hydrogens (tertiary/aromatic N) is 3. The van der Waals surface area contributed by atoms with Crippen LogP contribution in [0.15, 0.2) is 24.3 Å². The Labute approximate surface area is 212 Å². The van der Waals surface area contributed by atoms with Crippen molar-refractivity contribution in [2.75, 3.05) is 41.1 Å². The zero-order chi connectivity index (χ0) is 25.6. The second-order valence-electron chi connectivity index (χ2n) is 9.64. The van der Waals surface area contributed by atoms with Crippen molar-refractivity contribution in [3.05, 3.63) is 46.5 Å². The molecule has 0 amide bonds. The second-order valence-corrected chi connectivity index (χ2v) is 9.64. The van der Waals surface area contributed by atoms with Crippen molar-refractivity contribution in [2.45, 2.75) is 56.9 Å². The van der Waals surface area contributed by atoms with E-state index in [4.69, 9.17) is 18.9 Å². The van der Waals surface area contributed by atoms with E-state index in [9.17, 15) is 10.4 Å². The van der Waals surface area contributed by atoms with Gasteiger partial charge in [-0.05, 0) is 80.3 Å². The number of ether oxygens (including phenoxy) is 4. The number of nitriles is 1. The maximum absolute atomic E-state index is 10.7. The molecule has 5 rings (SSSR count). The standard InChI is InChI=1S/C28H35N3O5/c1-6-35-26-11-16-9-21-28-19-13-25(34-5)24(33-4)10-17(19)8-20(30(28)3)22(14-29)31(21)23(15-32)18(16)12-27(26)36-7-2/h10-13,20-23,28,32H,6-9,15H2,1-5H3/t20-,21?,22-,23-,28+/m0/s1. The van der Waals surface area contributed by atoms with Crippen LogP contribution in [-0.4, -0.2) is 74.1 Å². The number of benzene rings is 2. The molecule has 192 valence electrons. The first kappa shape index (κ1) is 24.7. The molecule has 3 heterocycles. The first-order valence-corrected chi connectivity index (χ1v) is 12.7. The first-order chi connectivity index (χ1) is 17.5. The highest BCUT2D eigenvalue weighted by Crippen LogP contribution is 2.52. The second kappa shape index (κ2) is 9.81. The van der Waals surface area contributed by atoms with Crippen LogP contribution in [0.3, 0.4) is 0 Å². The summed E-state index contributed by atoms with van der Waals surface area (Å²) in [4.78, 5) is 4.61. The maximum atomic E-state index is 10.7. The number of aliphatic hydroxyl groups is 1. The Kier molecular flexibility index (Phi) is 6.73. The van der Waals surface area contributed by atoms with Crippen molar-refractivity contribution in [3.8, 4) is 29.1 Å². The summed E-state index contributed by atoms with van der Waals surface area (Å²) in [6, 6.07) is 10.2. The summed E-state index contributed by atoms with van der Waals surface area (Å²) in [6.07, 6.45) is 1.45. The summed E-state index contributed by atoms with van der Waals surface area (Å²) in [6.45, 7) is 4.89. The molecule has 0 radical (unpaired) electrons. The van der Waals surface area contributed by atoms with E-state index in [-0.39, 0.29) is 36.8 Å². The quantitative estimate of drug-likeness (QED) is 0.629. The van der Waals surface area contributed by atoms with E-state index in [1.54, 1.807) is 14.2 Å². The van der Waals surface area contributed by atoms with E-state index in [0.717, 1.165) is 29.7 Å². The number of methoxy groups -OCH3 is 2. The van der Waals surface area contributed by atoms with Crippen LogP contribution in [-0.2, 0) is 12.8 Å². The Balaban J connectivity index is 1.67. The third-order valence-corrected chi connectivity index (χ3v) is 8.05. The van der Waals surface area contributed by atoms with Crippen molar-refractivity contribution >= 4 is 0 Å². The molecule has 0 aromatic heterocycles. The number of fused-ring (bicyclic) bond motifs is 7. The van der Waals surface area contributed by atoms with E-state index in [1.807, 2.05) is 19.9 Å². The van der Waals surface area contributed by atoms with Gasteiger partial charge in [-0.2, -0.15) is 5.26 Å². The first-order valence-electron chi connectivity index (χ1n) is 12.7. The Morgan fingerprint density at radius 1 is 0.889 bits per heavy atom. The van der Waals surface area contributed by atoms with Crippen molar-refractivity contribution in [2.24, 2.45) is 0 Å². The van der Waals surface area contributed by atoms with Crippen molar-refractivity contribution < 1.29 is 24.1 Å². The summed E-state index contributed by atoms with van der Waals surface area (Å²) in [5, 5.41) is 21.1.